The minimum Gasteiger partial charge on any atom is -0.343 e. The van der Waals surface area contributed by atoms with Gasteiger partial charge in [-0.05, 0) is 12.8 Å². The van der Waals surface area contributed by atoms with E-state index in [1.807, 2.05) is 16.7 Å². The van der Waals surface area contributed by atoms with Crippen molar-refractivity contribution < 1.29 is 4.79 Å². The fourth-order valence-electron chi connectivity index (χ4n) is 2.60. The lowest BCUT2D eigenvalue weighted by Gasteiger charge is -2.34. The first-order valence-electron chi connectivity index (χ1n) is 6.61. The van der Waals surface area contributed by atoms with Gasteiger partial charge in [-0.25, -0.2) is 0 Å². The second kappa shape index (κ2) is 6.61. The molecule has 0 aliphatic carbocycles. The number of thioether (sulfide) groups is 1. The van der Waals surface area contributed by atoms with E-state index in [0.717, 1.165) is 26.2 Å². The highest BCUT2D eigenvalue weighted by atomic mass is 32.2. The van der Waals surface area contributed by atoms with Gasteiger partial charge in [-0.15, -0.1) is 0 Å². The number of nitrogens with zero attached hydrogens (tertiary/aromatic N) is 2. The van der Waals surface area contributed by atoms with E-state index in [4.69, 9.17) is 5.73 Å². The molecule has 0 aromatic rings. The number of hydrogen-bond donors (Lipinski definition) is 1. The molecule has 2 aliphatic heterocycles. The van der Waals surface area contributed by atoms with Gasteiger partial charge in [0.1, 0.15) is 0 Å². The molecule has 2 aliphatic rings. The molecule has 2 heterocycles. The third-order valence-electron chi connectivity index (χ3n) is 3.70. The van der Waals surface area contributed by atoms with Gasteiger partial charge in [0.2, 0.25) is 5.91 Å². The van der Waals surface area contributed by atoms with E-state index in [1.165, 1.54) is 24.3 Å². The lowest BCUT2D eigenvalue weighted by atomic mass is 10.1. The highest BCUT2D eigenvalue weighted by molar-refractivity contribution is 7.99. The Kier molecular flexibility index (Phi) is 5.13. The van der Waals surface area contributed by atoms with E-state index in [0.29, 0.717) is 18.9 Å². The summed E-state index contributed by atoms with van der Waals surface area (Å²) in [6.45, 7) is 4.67. The zero-order chi connectivity index (χ0) is 12.1. The zero-order valence-corrected chi connectivity index (χ0v) is 11.3. The van der Waals surface area contributed by atoms with Crippen molar-refractivity contribution in [3.8, 4) is 0 Å². The van der Waals surface area contributed by atoms with Crippen LogP contribution in [0.5, 0.6) is 0 Å². The van der Waals surface area contributed by atoms with Crippen molar-refractivity contribution in [1.82, 2.24) is 9.80 Å². The molecule has 0 spiro atoms. The number of amides is 1. The van der Waals surface area contributed by atoms with E-state index in [1.54, 1.807) is 0 Å². The third kappa shape index (κ3) is 3.60. The van der Waals surface area contributed by atoms with Crippen LogP contribution in [0.25, 0.3) is 0 Å². The number of hydrogen-bond acceptors (Lipinski definition) is 4. The number of likely N-dealkylation sites (tertiary alicyclic amines) is 1. The van der Waals surface area contributed by atoms with E-state index in [-0.39, 0.29) is 6.04 Å². The molecule has 0 saturated carbocycles. The van der Waals surface area contributed by atoms with Crippen molar-refractivity contribution in [2.24, 2.45) is 5.73 Å². The molecule has 2 saturated heterocycles. The van der Waals surface area contributed by atoms with Crippen molar-refractivity contribution in [2.45, 2.75) is 25.3 Å². The molecular weight excluding hydrogens is 234 g/mol. The molecule has 0 aromatic carbocycles. The second-order valence-corrected chi connectivity index (χ2v) is 6.05. The van der Waals surface area contributed by atoms with E-state index < -0.39 is 0 Å². The maximum Gasteiger partial charge on any atom is 0.224 e. The Labute approximate surface area is 108 Å². The van der Waals surface area contributed by atoms with Crippen molar-refractivity contribution in [3.63, 3.8) is 0 Å². The predicted molar refractivity (Wildman–Crippen MR) is 72.2 cm³/mol. The summed E-state index contributed by atoms with van der Waals surface area (Å²) in [5.41, 5.74) is 5.83. The number of nitrogens with two attached hydrogens (primary N) is 1. The largest absolute Gasteiger partial charge is 0.343 e. The molecule has 0 bridgehead atoms. The van der Waals surface area contributed by atoms with Gasteiger partial charge in [-0.2, -0.15) is 11.8 Å². The van der Waals surface area contributed by atoms with Crippen LogP contribution in [0, 0.1) is 0 Å². The normalized spacial score (nSPS) is 23.9. The molecule has 98 valence electrons. The summed E-state index contributed by atoms with van der Waals surface area (Å²) in [6.07, 6.45) is 2.94. The van der Waals surface area contributed by atoms with Crippen LogP contribution >= 0.6 is 11.8 Å². The first-order chi connectivity index (χ1) is 8.31. The zero-order valence-electron chi connectivity index (χ0n) is 10.4. The molecule has 0 aromatic heterocycles. The standard InChI is InChI=1S/C12H23N3OS/c13-10-11(14-5-7-17-8-6-14)9-12(16)15-3-1-2-4-15/h11H,1-10,13H2. The minimum absolute atomic E-state index is 0.254. The van der Waals surface area contributed by atoms with E-state index >= 15 is 0 Å². The molecule has 4 nitrogen and oxygen atoms in total. The van der Waals surface area contributed by atoms with Crippen LogP contribution in [0.1, 0.15) is 19.3 Å². The summed E-state index contributed by atoms with van der Waals surface area (Å²) >= 11 is 1.99. The van der Waals surface area contributed by atoms with E-state index in [2.05, 4.69) is 4.90 Å². The Bertz CT molecular complexity index is 250. The molecule has 1 atom stereocenters. The first-order valence-corrected chi connectivity index (χ1v) is 7.76. The van der Waals surface area contributed by atoms with Crippen LogP contribution in [-0.2, 0) is 4.79 Å². The van der Waals surface area contributed by atoms with Gasteiger partial charge < -0.3 is 10.6 Å². The van der Waals surface area contributed by atoms with Gasteiger partial charge in [0.05, 0.1) is 0 Å². The number of carbonyl (C=O) groups excluding carboxylic acids is 1. The third-order valence-corrected chi connectivity index (χ3v) is 4.65. The smallest absolute Gasteiger partial charge is 0.224 e. The van der Waals surface area contributed by atoms with Gasteiger partial charge in [0.15, 0.2) is 0 Å². The summed E-state index contributed by atoms with van der Waals surface area (Å²) in [7, 11) is 0. The highest BCUT2D eigenvalue weighted by Crippen LogP contribution is 2.16. The quantitative estimate of drug-likeness (QED) is 0.791. The van der Waals surface area contributed by atoms with Gasteiger partial charge in [0.25, 0.3) is 0 Å². The summed E-state index contributed by atoms with van der Waals surface area (Å²) in [5.74, 6) is 2.65. The maximum absolute atomic E-state index is 12.1. The van der Waals surface area contributed by atoms with Crippen molar-refractivity contribution in [1.29, 1.82) is 0 Å². The molecule has 17 heavy (non-hydrogen) atoms. The first kappa shape index (κ1) is 13.2. The van der Waals surface area contributed by atoms with E-state index in [9.17, 15) is 4.79 Å². The molecule has 0 radical (unpaired) electrons. The lowest BCUT2D eigenvalue weighted by Crippen LogP contribution is -2.47. The lowest BCUT2D eigenvalue weighted by molar-refractivity contribution is -0.131. The van der Waals surface area contributed by atoms with Crippen LogP contribution in [0.2, 0.25) is 0 Å². The number of carbonyl (C=O) groups is 1. The molecule has 1 amide bonds. The van der Waals surface area contributed by atoms with Crippen molar-refractivity contribution in [2.75, 3.05) is 44.2 Å². The summed E-state index contributed by atoms with van der Waals surface area (Å²) in [6, 6.07) is 0.254. The van der Waals surface area contributed by atoms with Gasteiger partial charge >= 0.3 is 0 Å². The molecule has 5 heteroatoms. The molecule has 2 N–H and O–H groups in total. The molecular formula is C12H23N3OS. The van der Waals surface area contributed by atoms with Gasteiger partial charge in [-0.3, -0.25) is 9.69 Å². The Balaban J connectivity index is 1.82. The summed E-state index contributed by atoms with van der Waals surface area (Å²) < 4.78 is 0. The van der Waals surface area contributed by atoms with Gasteiger partial charge in [-0.1, -0.05) is 0 Å². The monoisotopic (exact) mass is 257 g/mol. The fraction of sp³-hybridized carbons (Fsp3) is 0.917. The summed E-state index contributed by atoms with van der Waals surface area (Å²) in [4.78, 5) is 16.5. The predicted octanol–water partition coefficient (Wildman–Crippen LogP) is 0.375. The SMILES string of the molecule is NCC(CC(=O)N1CCCC1)N1CCSCC1. The molecule has 2 fully saturated rings. The molecule has 1 unspecified atom stereocenters. The molecule has 2 rings (SSSR count). The van der Waals surface area contributed by atoms with Crippen molar-refractivity contribution in [3.05, 3.63) is 0 Å². The van der Waals surface area contributed by atoms with Crippen LogP contribution in [0.4, 0.5) is 0 Å². The van der Waals surface area contributed by atoms with Crippen LogP contribution < -0.4 is 5.73 Å². The fourth-order valence-corrected chi connectivity index (χ4v) is 3.53. The average molecular weight is 257 g/mol. The average Bonchev–Trinajstić information content (AvgIpc) is 2.90. The topological polar surface area (TPSA) is 49.6 Å². The van der Waals surface area contributed by atoms with Crippen molar-refractivity contribution >= 4 is 17.7 Å². The van der Waals surface area contributed by atoms with Crippen LogP contribution in [0.15, 0.2) is 0 Å². The second-order valence-electron chi connectivity index (χ2n) is 4.83. The Morgan fingerprint density at radius 2 is 1.82 bits per heavy atom. The van der Waals surface area contributed by atoms with Crippen LogP contribution in [0.3, 0.4) is 0 Å². The Morgan fingerprint density at radius 1 is 1.18 bits per heavy atom. The maximum atomic E-state index is 12.1. The summed E-state index contributed by atoms with van der Waals surface area (Å²) in [5, 5.41) is 0. The Morgan fingerprint density at radius 3 is 2.41 bits per heavy atom. The highest BCUT2D eigenvalue weighted by Gasteiger charge is 2.25. The Hall–Kier alpha value is -0.260. The van der Waals surface area contributed by atoms with Gasteiger partial charge in [0, 0.05) is 56.7 Å². The van der Waals surface area contributed by atoms with Crippen LogP contribution in [-0.4, -0.2) is 66.0 Å². The number of rotatable bonds is 4. The minimum atomic E-state index is 0.254.